The highest BCUT2D eigenvalue weighted by Gasteiger charge is 2.20. The maximum Gasteiger partial charge on any atom is 0.273 e. The first-order valence-corrected chi connectivity index (χ1v) is 10.0. The minimum atomic E-state index is -3.35. The van der Waals surface area contributed by atoms with Crippen LogP contribution >= 0.6 is 11.7 Å². The molecule has 1 heterocycles. The third kappa shape index (κ3) is 4.09. The number of amides is 1. The fourth-order valence-corrected chi connectivity index (χ4v) is 3.49. The molecule has 3 aromatic rings. The normalized spacial score (nSPS) is 12.5. The molecule has 6 nitrogen and oxygen atoms in total. The van der Waals surface area contributed by atoms with Crippen molar-refractivity contribution in [2.75, 3.05) is 6.26 Å². The summed E-state index contributed by atoms with van der Waals surface area (Å²) in [5.41, 5.74) is 1.74. The van der Waals surface area contributed by atoms with Crippen molar-refractivity contribution in [2.24, 2.45) is 0 Å². The lowest BCUT2D eigenvalue weighted by Gasteiger charge is -2.20. The van der Waals surface area contributed by atoms with Crippen LogP contribution < -0.4 is 5.32 Å². The van der Waals surface area contributed by atoms with Crippen molar-refractivity contribution in [1.82, 2.24) is 14.1 Å². The van der Waals surface area contributed by atoms with Gasteiger partial charge in [0, 0.05) is 6.26 Å². The quantitative estimate of drug-likeness (QED) is 0.742. The topological polar surface area (TPSA) is 89.0 Å². The molecule has 0 aliphatic rings. The standard InChI is InChI=1S/C17H15N3O3S2/c1-25(22,23)14-9-5-8-13(10-14)16(12-6-3-2-4-7-12)19-17(21)15-11-18-24-20-15/h2-11,16H,1H3,(H,19,21)/t16-/m0/s1. The number of carbonyl (C=O) groups excluding carboxylic acids is 1. The summed E-state index contributed by atoms with van der Waals surface area (Å²) in [6.45, 7) is 0. The fourth-order valence-electron chi connectivity index (χ4n) is 2.40. The maximum atomic E-state index is 12.4. The Hall–Kier alpha value is -2.58. The van der Waals surface area contributed by atoms with E-state index in [-0.39, 0.29) is 16.5 Å². The molecule has 8 heteroatoms. The van der Waals surface area contributed by atoms with Crippen LogP contribution in [-0.4, -0.2) is 29.3 Å². The molecule has 0 aliphatic carbocycles. The minimum Gasteiger partial charge on any atom is -0.340 e. The molecule has 0 fully saturated rings. The second-order valence-corrected chi connectivity index (χ2v) is 8.03. The number of rotatable bonds is 5. The van der Waals surface area contributed by atoms with Crippen molar-refractivity contribution < 1.29 is 13.2 Å². The first-order chi connectivity index (χ1) is 11.9. The van der Waals surface area contributed by atoms with Crippen LogP contribution in [0.15, 0.2) is 65.7 Å². The van der Waals surface area contributed by atoms with Gasteiger partial charge >= 0.3 is 0 Å². The summed E-state index contributed by atoms with van der Waals surface area (Å²) in [5, 5.41) is 2.90. The molecule has 1 aromatic heterocycles. The molecule has 0 spiro atoms. The fraction of sp³-hybridized carbons (Fsp3) is 0.118. The highest BCUT2D eigenvalue weighted by Crippen LogP contribution is 2.24. The Kier molecular flexibility index (Phi) is 4.91. The van der Waals surface area contributed by atoms with Crippen LogP contribution in [0, 0.1) is 0 Å². The van der Waals surface area contributed by atoms with Gasteiger partial charge in [0.05, 0.1) is 28.9 Å². The van der Waals surface area contributed by atoms with Gasteiger partial charge in [-0.2, -0.15) is 8.75 Å². The van der Waals surface area contributed by atoms with Gasteiger partial charge in [-0.1, -0.05) is 42.5 Å². The van der Waals surface area contributed by atoms with Gasteiger partial charge in [-0.05, 0) is 23.3 Å². The molecular formula is C17H15N3O3S2. The van der Waals surface area contributed by atoms with Crippen molar-refractivity contribution >= 4 is 27.5 Å². The van der Waals surface area contributed by atoms with Crippen molar-refractivity contribution in [3.05, 3.63) is 77.6 Å². The zero-order chi connectivity index (χ0) is 17.9. The van der Waals surface area contributed by atoms with Gasteiger partial charge in [0.2, 0.25) is 0 Å². The van der Waals surface area contributed by atoms with Crippen LogP contribution in [0.2, 0.25) is 0 Å². The monoisotopic (exact) mass is 373 g/mol. The third-order valence-corrected chi connectivity index (χ3v) is 5.21. The molecule has 1 N–H and O–H groups in total. The van der Waals surface area contributed by atoms with Crippen LogP contribution in [-0.2, 0) is 9.84 Å². The summed E-state index contributed by atoms with van der Waals surface area (Å²) in [7, 11) is -3.35. The van der Waals surface area contributed by atoms with Gasteiger partial charge < -0.3 is 5.32 Å². The molecule has 0 unspecified atom stereocenters. The molecular weight excluding hydrogens is 358 g/mol. The van der Waals surface area contributed by atoms with E-state index in [0.717, 1.165) is 23.5 Å². The van der Waals surface area contributed by atoms with Gasteiger partial charge in [0.1, 0.15) is 0 Å². The first kappa shape index (κ1) is 17.2. The molecule has 1 atom stereocenters. The highest BCUT2D eigenvalue weighted by atomic mass is 32.2. The Morgan fingerprint density at radius 2 is 1.80 bits per heavy atom. The van der Waals surface area contributed by atoms with Gasteiger partial charge in [0.15, 0.2) is 15.5 Å². The molecule has 0 saturated heterocycles. The van der Waals surface area contributed by atoms with E-state index in [0.29, 0.717) is 5.56 Å². The number of aromatic nitrogens is 2. The van der Waals surface area contributed by atoms with E-state index >= 15 is 0 Å². The van der Waals surface area contributed by atoms with E-state index in [2.05, 4.69) is 14.1 Å². The second-order valence-electron chi connectivity index (χ2n) is 5.45. The van der Waals surface area contributed by atoms with Crippen LogP contribution in [0.3, 0.4) is 0 Å². The molecule has 25 heavy (non-hydrogen) atoms. The number of hydrogen-bond acceptors (Lipinski definition) is 6. The van der Waals surface area contributed by atoms with Gasteiger partial charge in [0.25, 0.3) is 5.91 Å². The Morgan fingerprint density at radius 1 is 1.08 bits per heavy atom. The van der Waals surface area contributed by atoms with E-state index in [1.54, 1.807) is 18.2 Å². The van der Waals surface area contributed by atoms with E-state index < -0.39 is 15.9 Å². The summed E-state index contributed by atoms with van der Waals surface area (Å²) in [6, 6.07) is 15.4. The molecule has 0 radical (unpaired) electrons. The van der Waals surface area contributed by atoms with Gasteiger partial charge in [-0.25, -0.2) is 8.42 Å². The van der Waals surface area contributed by atoms with Crippen molar-refractivity contribution in [2.45, 2.75) is 10.9 Å². The van der Waals surface area contributed by atoms with E-state index in [1.165, 1.54) is 12.3 Å². The number of carbonyl (C=O) groups is 1. The summed E-state index contributed by atoms with van der Waals surface area (Å²) < 4.78 is 31.5. The molecule has 0 aliphatic heterocycles. The summed E-state index contributed by atoms with van der Waals surface area (Å²) in [6.07, 6.45) is 2.55. The Balaban J connectivity index is 2.01. The van der Waals surface area contributed by atoms with Gasteiger partial charge in [-0.3, -0.25) is 4.79 Å². The summed E-state index contributed by atoms with van der Waals surface area (Å²) >= 11 is 0.952. The van der Waals surface area contributed by atoms with Crippen molar-refractivity contribution in [1.29, 1.82) is 0 Å². The third-order valence-electron chi connectivity index (χ3n) is 3.62. The zero-order valence-corrected chi connectivity index (χ0v) is 14.9. The summed E-state index contributed by atoms with van der Waals surface area (Å²) in [5.74, 6) is -0.368. The number of benzene rings is 2. The van der Waals surface area contributed by atoms with Crippen LogP contribution in [0.25, 0.3) is 0 Å². The predicted molar refractivity (Wildman–Crippen MR) is 95.2 cm³/mol. The molecule has 128 valence electrons. The molecule has 3 rings (SSSR count). The lowest BCUT2D eigenvalue weighted by Crippen LogP contribution is -2.29. The van der Waals surface area contributed by atoms with Crippen LogP contribution in [0.4, 0.5) is 0 Å². The number of hydrogen-bond donors (Lipinski definition) is 1. The smallest absolute Gasteiger partial charge is 0.273 e. The Morgan fingerprint density at radius 3 is 2.44 bits per heavy atom. The van der Waals surface area contributed by atoms with Crippen molar-refractivity contribution in [3.63, 3.8) is 0 Å². The Labute approximate surface area is 149 Å². The number of nitrogens with zero attached hydrogens (tertiary/aromatic N) is 2. The average molecular weight is 373 g/mol. The van der Waals surface area contributed by atoms with E-state index in [4.69, 9.17) is 0 Å². The first-order valence-electron chi connectivity index (χ1n) is 7.38. The van der Waals surface area contributed by atoms with Crippen LogP contribution in [0.1, 0.15) is 27.7 Å². The van der Waals surface area contributed by atoms with Gasteiger partial charge in [-0.15, -0.1) is 0 Å². The molecule has 0 bridgehead atoms. The van der Waals surface area contributed by atoms with Crippen LogP contribution in [0.5, 0.6) is 0 Å². The molecule has 0 saturated carbocycles. The second kappa shape index (κ2) is 7.12. The summed E-state index contributed by atoms with van der Waals surface area (Å²) in [4.78, 5) is 12.6. The lowest BCUT2D eigenvalue weighted by molar-refractivity contribution is 0.0939. The van der Waals surface area contributed by atoms with E-state index in [9.17, 15) is 13.2 Å². The molecule has 1 amide bonds. The lowest BCUT2D eigenvalue weighted by atomic mass is 9.98. The number of nitrogens with one attached hydrogen (secondary N) is 1. The molecule has 2 aromatic carbocycles. The predicted octanol–water partition coefficient (Wildman–Crippen LogP) is 2.46. The largest absolute Gasteiger partial charge is 0.340 e. The number of sulfone groups is 1. The maximum absolute atomic E-state index is 12.4. The zero-order valence-electron chi connectivity index (χ0n) is 13.3. The SMILES string of the molecule is CS(=O)(=O)c1cccc([C@@H](NC(=O)c2cnsn2)c2ccccc2)c1. The van der Waals surface area contributed by atoms with E-state index in [1.807, 2.05) is 30.3 Å². The Bertz CT molecular complexity index is 971. The minimum absolute atomic E-state index is 0.204. The average Bonchev–Trinajstić information content (AvgIpc) is 3.14. The van der Waals surface area contributed by atoms with Crippen molar-refractivity contribution in [3.8, 4) is 0 Å². The highest BCUT2D eigenvalue weighted by molar-refractivity contribution is 7.90.